The monoisotopic (exact) mass is 257 g/mol. The van der Waals surface area contributed by atoms with Crippen molar-refractivity contribution in [3.8, 4) is 0 Å². The molecule has 0 aromatic heterocycles. The molecular formula is C13H27N3O2. The van der Waals surface area contributed by atoms with Gasteiger partial charge in [0, 0.05) is 19.6 Å². The second kappa shape index (κ2) is 8.45. The Morgan fingerprint density at radius 3 is 2.67 bits per heavy atom. The molecular weight excluding hydrogens is 230 g/mol. The first-order valence-corrected chi connectivity index (χ1v) is 7.00. The van der Waals surface area contributed by atoms with Crippen LogP contribution in [-0.4, -0.2) is 73.2 Å². The molecule has 1 atom stereocenters. The maximum absolute atomic E-state index is 11.1. The first-order chi connectivity index (χ1) is 8.63. The van der Waals surface area contributed by atoms with Crippen LogP contribution in [0.25, 0.3) is 0 Å². The van der Waals surface area contributed by atoms with Gasteiger partial charge in [0.15, 0.2) is 0 Å². The Bertz CT molecular complexity index is 242. The van der Waals surface area contributed by atoms with Gasteiger partial charge in [0.2, 0.25) is 0 Å². The van der Waals surface area contributed by atoms with Crippen LogP contribution in [0.3, 0.4) is 0 Å². The van der Waals surface area contributed by atoms with Gasteiger partial charge in [-0.05, 0) is 45.9 Å². The van der Waals surface area contributed by atoms with Gasteiger partial charge in [-0.2, -0.15) is 0 Å². The summed E-state index contributed by atoms with van der Waals surface area (Å²) in [6, 6.07) is -0.450. The molecule has 18 heavy (non-hydrogen) atoms. The average Bonchev–Trinajstić information content (AvgIpc) is 2.84. The first-order valence-electron chi connectivity index (χ1n) is 7.00. The summed E-state index contributed by atoms with van der Waals surface area (Å²) in [7, 11) is 2.00. The van der Waals surface area contributed by atoms with Crippen LogP contribution >= 0.6 is 0 Å². The Hall–Kier alpha value is -0.650. The van der Waals surface area contributed by atoms with Gasteiger partial charge >= 0.3 is 5.97 Å². The number of rotatable bonds is 9. The lowest BCUT2D eigenvalue weighted by molar-refractivity contribution is -0.139. The third-order valence-electron chi connectivity index (χ3n) is 3.43. The molecule has 1 heterocycles. The molecule has 5 nitrogen and oxygen atoms in total. The molecule has 0 amide bonds. The van der Waals surface area contributed by atoms with Crippen LogP contribution in [0.2, 0.25) is 0 Å². The van der Waals surface area contributed by atoms with Gasteiger partial charge in [-0.1, -0.05) is 6.92 Å². The molecule has 1 rings (SSSR count). The largest absolute Gasteiger partial charge is 0.480 e. The molecule has 106 valence electrons. The van der Waals surface area contributed by atoms with Crippen molar-refractivity contribution in [1.29, 1.82) is 0 Å². The summed E-state index contributed by atoms with van der Waals surface area (Å²) in [6.07, 6.45) is 3.57. The molecule has 0 bridgehead atoms. The second-order valence-electron chi connectivity index (χ2n) is 5.16. The minimum absolute atomic E-state index is 0.450. The van der Waals surface area contributed by atoms with E-state index in [0.717, 1.165) is 26.1 Å². The number of hydrogen-bond acceptors (Lipinski definition) is 4. The minimum atomic E-state index is -0.753. The third kappa shape index (κ3) is 5.80. The molecule has 0 saturated carbocycles. The molecule has 0 aliphatic carbocycles. The van der Waals surface area contributed by atoms with Gasteiger partial charge in [0.25, 0.3) is 0 Å². The van der Waals surface area contributed by atoms with E-state index in [1.807, 2.05) is 14.0 Å². The summed E-state index contributed by atoms with van der Waals surface area (Å²) in [5, 5.41) is 12.2. The van der Waals surface area contributed by atoms with Gasteiger partial charge in [0.1, 0.15) is 6.04 Å². The van der Waals surface area contributed by atoms with Gasteiger partial charge < -0.3 is 20.2 Å². The smallest absolute Gasteiger partial charge is 0.322 e. The van der Waals surface area contributed by atoms with E-state index >= 15 is 0 Å². The Morgan fingerprint density at radius 2 is 2.11 bits per heavy atom. The zero-order valence-corrected chi connectivity index (χ0v) is 11.7. The van der Waals surface area contributed by atoms with Crippen molar-refractivity contribution in [3.63, 3.8) is 0 Å². The summed E-state index contributed by atoms with van der Waals surface area (Å²) in [6.45, 7) is 7.77. The molecule has 1 saturated heterocycles. The number of carboxylic acids is 1. The maximum Gasteiger partial charge on any atom is 0.322 e. The standard InChI is InChI=1S/C13H27N3O2/c1-3-6-14-12(13(17)18)11-15(2)9-10-16-7-4-5-8-16/h12,14H,3-11H2,1-2H3,(H,17,18). The molecule has 1 aliphatic rings. The number of likely N-dealkylation sites (N-methyl/N-ethyl adjacent to an activating group) is 1. The number of carboxylic acid groups (broad SMARTS) is 1. The van der Waals surface area contributed by atoms with E-state index in [1.165, 1.54) is 25.9 Å². The van der Waals surface area contributed by atoms with Crippen LogP contribution in [0.4, 0.5) is 0 Å². The molecule has 1 unspecified atom stereocenters. The fraction of sp³-hybridized carbons (Fsp3) is 0.923. The third-order valence-corrected chi connectivity index (χ3v) is 3.43. The molecule has 0 aromatic carbocycles. The normalized spacial score (nSPS) is 18.4. The van der Waals surface area contributed by atoms with Crippen LogP contribution in [0.5, 0.6) is 0 Å². The van der Waals surface area contributed by atoms with Gasteiger partial charge in [-0.25, -0.2) is 0 Å². The molecule has 1 fully saturated rings. The van der Waals surface area contributed by atoms with Gasteiger partial charge in [0.05, 0.1) is 0 Å². The predicted octanol–water partition coefficient (Wildman–Crippen LogP) is 0.467. The quantitative estimate of drug-likeness (QED) is 0.629. The number of carbonyl (C=O) groups is 1. The Balaban J connectivity index is 2.22. The Morgan fingerprint density at radius 1 is 1.44 bits per heavy atom. The SMILES string of the molecule is CCCNC(CN(C)CCN1CCCC1)C(=O)O. The van der Waals surface area contributed by atoms with E-state index in [9.17, 15) is 4.79 Å². The van der Waals surface area contributed by atoms with Crippen LogP contribution < -0.4 is 5.32 Å². The maximum atomic E-state index is 11.1. The number of aliphatic carboxylic acids is 1. The fourth-order valence-corrected chi connectivity index (χ4v) is 2.27. The highest BCUT2D eigenvalue weighted by Crippen LogP contribution is 2.06. The summed E-state index contributed by atoms with van der Waals surface area (Å²) in [4.78, 5) is 15.7. The van der Waals surface area contributed by atoms with Crippen molar-refractivity contribution >= 4 is 5.97 Å². The van der Waals surface area contributed by atoms with Crippen LogP contribution in [0, 0.1) is 0 Å². The zero-order valence-electron chi connectivity index (χ0n) is 11.7. The molecule has 2 N–H and O–H groups in total. The Labute approximate surface area is 110 Å². The van der Waals surface area contributed by atoms with E-state index in [1.54, 1.807) is 0 Å². The Kier molecular flexibility index (Phi) is 7.23. The lowest BCUT2D eigenvalue weighted by Gasteiger charge is -2.24. The predicted molar refractivity (Wildman–Crippen MR) is 72.9 cm³/mol. The van der Waals surface area contributed by atoms with E-state index in [4.69, 9.17) is 5.11 Å². The van der Waals surface area contributed by atoms with Crippen LogP contribution in [0.15, 0.2) is 0 Å². The lowest BCUT2D eigenvalue weighted by atomic mass is 10.2. The minimum Gasteiger partial charge on any atom is -0.480 e. The number of likely N-dealkylation sites (tertiary alicyclic amines) is 1. The van der Waals surface area contributed by atoms with E-state index in [2.05, 4.69) is 15.1 Å². The van der Waals surface area contributed by atoms with Crippen molar-refractivity contribution in [3.05, 3.63) is 0 Å². The van der Waals surface area contributed by atoms with Crippen molar-refractivity contribution in [2.45, 2.75) is 32.2 Å². The van der Waals surface area contributed by atoms with E-state index in [-0.39, 0.29) is 0 Å². The summed E-state index contributed by atoms with van der Waals surface area (Å²) in [5.74, 6) is -0.753. The summed E-state index contributed by atoms with van der Waals surface area (Å²) < 4.78 is 0. The first kappa shape index (κ1) is 15.4. The topological polar surface area (TPSA) is 55.8 Å². The van der Waals surface area contributed by atoms with Crippen molar-refractivity contribution in [2.75, 3.05) is 46.3 Å². The zero-order chi connectivity index (χ0) is 13.4. The van der Waals surface area contributed by atoms with Crippen LogP contribution in [0.1, 0.15) is 26.2 Å². The van der Waals surface area contributed by atoms with Gasteiger partial charge in [-0.3, -0.25) is 4.79 Å². The summed E-state index contributed by atoms with van der Waals surface area (Å²) >= 11 is 0. The molecule has 0 spiro atoms. The number of nitrogens with zero attached hydrogens (tertiary/aromatic N) is 2. The van der Waals surface area contributed by atoms with Crippen LogP contribution in [-0.2, 0) is 4.79 Å². The molecule has 0 radical (unpaired) electrons. The molecule has 1 aliphatic heterocycles. The number of hydrogen-bond donors (Lipinski definition) is 2. The highest BCUT2D eigenvalue weighted by Gasteiger charge is 2.19. The highest BCUT2D eigenvalue weighted by molar-refractivity contribution is 5.73. The van der Waals surface area contributed by atoms with Gasteiger partial charge in [-0.15, -0.1) is 0 Å². The second-order valence-corrected chi connectivity index (χ2v) is 5.16. The van der Waals surface area contributed by atoms with Crippen molar-refractivity contribution in [1.82, 2.24) is 15.1 Å². The average molecular weight is 257 g/mol. The molecule has 5 heteroatoms. The van der Waals surface area contributed by atoms with Crippen molar-refractivity contribution in [2.24, 2.45) is 0 Å². The summed E-state index contributed by atoms with van der Waals surface area (Å²) in [5.41, 5.74) is 0. The molecule has 0 aromatic rings. The lowest BCUT2D eigenvalue weighted by Crippen LogP contribution is -2.46. The highest BCUT2D eigenvalue weighted by atomic mass is 16.4. The fourth-order valence-electron chi connectivity index (χ4n) is 2.27. The number of nitrogens with one attached hydrogen (secondary N) is 1. The van der Waals surface area contributed by atoms with E-state index in [0.29, 0.717) is 6.54 Å². The van der Waals surface area contributed by atoms with Crippen molar-refractivity contribution < 1.29 is 9.90 Å². The van der Waals surface area contributed by atoms with E-state index < -0.39 is 12.0 Å².